The average Bonchev–Trinajstić information content (AvgIpc) is 3.84. The van der Waals surface area contributed by atoms with E-state index < -0.39 is 17.5 Å². The Labute approximate surface area is 287 Å². The maximum Gasteiger partial charge on any atom is 0.319 e. The fourth-order valence-corrected chi connectivity index (χ4v) is 9.17. The van der Waals surface area contributed by atoms with E-state index >= 15 is 0 Å². The predicted octanol–water partition coefficient (Wildman–Crippen LogP) is 5.93. The SMILES string of the molecule is C=CC(=O)N1CC[C@@H](N(CC)c2nc(OC[C@@]34CCCN3C[C@H](F)C4)nc3cc(-c4ccc(F)c5sc(N)c(C#N)c45)c(C#N)cc23)[C@H]1C. The molecule has 0 spiro atoms. The second-order valence-corrected chi connectivity index (χ2v) is 14.1. The number of alkyl halides is 1. The highest BCUT2D eigenvalue weighted by Crippen LogP contribution is 2.44. The Bertz CT molecular complexity index is 2090. The first-order chi connectivity index (χ1) is 23.6. The van der Waals surface area contributed by atoms with Crippen LogP contribution in [-0.4, -0.2) is 82.3 Å². The molecule has 2 aromatic carbocycles. The summed E-state index contributed by atoms with van der Waals surface area (Å²) in [6.07, 6.45) is 3.28. The molecule has 2 N–H and O–H groups in total. The zero-order valence-electron chi connectivity index (χ0n) is 27.4. The fourth-order valence-electron chi connectivity index (χ4n) is 8.22. The molecule has 3 aliphatic heterocycles. The number of anilines is 2. The number of amides is 1. The number of carbonyl (C=O) groups excluding carboxylic acids is 1. The number of halogens is 2. The number of likely N-dealkylation sites (tertiary alicyclic amines) is 1. The third-order valence-corrected chi connectivity index (χ3v) is 11.6. The molecule has 2 aromatic heterocycles. The molecule has 13 heteroatoms. The smallest absolute Gasteiger partial charge is 0.319 e. The van der Waals surface area contributed by atoms with Gasteiger partial charge in [-0.05, 0) is 69.5 Å². The normalized spacial score (nSPS) is 23.5. The van der Waals surface area contributed by atoms with Crippen LogP contribution in [0, 0.1) is 28.5 Å². The van der Waals surface area contributed by atoms with E-state index in [4.69, 9.17) is 20.4 Å². The van der Waals surface area contributed by atoms with Crippen LogP contribution in [-0.2, 0) is 4.79 Å². The van der Waals surface area contributed by atoms with Gasteiger partial charge in [-0.1, -0.05) is 12.6 Å². The highest BCUT2D eigenvalue weighted by Gasteiger charge is 2.49. The van der Waals surface area contributed by atoms with Gasteiger partial charge < -0.3 is 20.3 Å². The minimum absolute atomic E-state index is 0.0974. The van der Waals surface area contributed by atoms with Crippen molar-refractivity contribution in [3.05, 3.63) is 53.9 Å². The first-order valence-electron chi connectivity index (χ1n) is 16.5. The van der Waals surface area contributed by atoms with Gasteiger partial charge in [0.1, 0.15) is 35.5 Å². The largest absolute Gasteiger partial charge is 0.461 e. The molecule has 4 aromatic rings. The van der Waals surface area contributed by atoms with Crippen molar-refractivity contribution in [3.63, 3.8) is 0 Å². The van der Waals surface area contributed by atoms with Crippen LogP contribution in [0.3, 0.4) is 0 Å². The standard InChI is InChI=1S/C36H36F2N8O2S/c1-4-30(47)46-12-9-29(20(46)3)45(5-2)34-25-13-21(16-39)24(23-7-8-27(38)32-31(23)26(17-40)33(41)49-32)14-28(25)42-35(43-34)48-19-36-10-6-11-44(36)18-22(37)15-36/h4,7-8,13-14,20,22,29H,1,5-6,9-12,15,18-19,41H2,2-3H3/t20-,22-,29-,36+/m1/s1. The summed E-state index contributed by atoms with van der Waals surface area (Å²) in [5.74, 6) is -0.0984. The molecular weight excluding hydrogens is 647 g/mol. The fraction of sp³-hybridized carbons (Fsp3) is 0.417. The number of nitrogen functional groups attached to an aromatic ring is 1. The number of benzene rings is 2. The van der Waals surface area contributed by atoms with Gasteiger partial charge in [-0.2, -0.15) is 20.5 Å². The Kier molecular flexibility index (Phi) is 8.37. The summed E-state index contributed by atoms with van der Waals surface area (Å²) < 4.78 is 36.2. The van der Waals surface area contributed by atoms with Crippen LogP contribution in [0.5, 0.6) is 6.01 Å². The number of aromatic nitrogens is 2. The number of nitrogens with zero attached hydrogens (tertiary/aromatic N) is 7. The van der Waals surface area contributed by atoms with Crippen molar-refractivity contribution < 1.29 is 18.3 Å². The minimum atomic E-state index is -0.915. The van der Waals surface area contributed by atoms with Crippen molar-refractivity contribution in [2.24, 2.45) is 0 Å². The number of thiophene rings is 1. The minimum Gasteiger partial charge on any atom is -0.461 e. The Morgan fingerprint density at radius 1 is 1.27 bits per heavy atom. The number of ether oxygens (including phenoxy) is 1. The lowest BCUT2D eigenvalue weighted by Gasteiger charge is -2.34. The highest BCUT2D eigenvalue weighted by atomic mass is 32.1. The summed E-state index contributed by atoms with van der Waals surface area (Å²) in [6.45, 7) is 10.2. The van der Waals surface area contributed by atoms with Gasteiger partial charge in [0.05, 0.1) is 39.0 Å². The van der Waals surface area contributed by atoms with E-state index in [2.05, 4.69) is 28.5 Å². The van der Waals surface area contributed by atoms with Gasteiger partial charge in [-0.15, -0.1) is 11.3 Å². The zero-order valence-corrected chi connectivity index (χ0v) is 28.2. The molecule has 4 atom stereocenters. The first kappa shape index (κ1) is 32.7. The molecule has 3 aliphatic rings. The van der Waals surface area contributed by atoms with Gasteiger partial charge in [-0.3, -0.25) is 9.69 Å². The average molecular weight is 683 g/mol. The summed E-state index contributed by atoms with van der Waals surface area (Å²) in [7, 11) is 0. The molecular formula is C36H36F2N8O2S. The maximum absolute atomic E-state index is 15.0. The summed E-state index contributed by atoms with van der Waals surface area (Å²) in [5, 5.41) is 21.5. The van der Waals surface area contributed by atoms with Crippen LogP contribution >= 0.6 is 11.3 Å². The maximum atomic E-state index is 15.0. The lowest BCUT2D eigenvalue weighted by Crippen LogP contribution is -2.45. The van der Waals surface area contributed by atoms with Crippen LogP contribution in [0.4, 0.5) is 19.6 Å². The monoisotopic (exact) mass is 682 g/mol. The third-order valence-electron chi connectivity index (χ3n) is 10.6. The van der Waals surface area contributed by atoms with Crippen molar-refractivity contribution in [2.45, 2.75) is 63.3 Å². The predicted molar refractivity (Wildman–Crippen MR) is 186 cm³/mol. The summed E-state index contributed by atoms with van der Waals surface area (Å²) in [6, 6.07) is 10.6. The first-order valence-corrected chi connectivity index (χ1v) is 17.3. The van der Waals surface area contributed by atoms with Crippen molar-refractivity contribution in [1.82, 2.24) is 19.8 Å². The molecule has 0 unspecified atom stereocenters. The lowest BCUT2D eigenvalue weighted by molar-refractivity contribution is -0.126. The van der Waals surface area contributed by atoms with E-state index in [1.807, 2.05) is 13.8 Å². The second kappa shape index (κ2) is 12.6. The van der Waals surface area contributed by atoms with E-state index in [0.717, 1.165) is 30.7 Å². The Balaban J connectivity index is 1.39. The van der Waals surface area contributed by atoms with Crippen molar-refractivity contribution >= 4 is 49.1 Å². The molecule has 0 saturated carbocycles. The van der Waals surface area contributed by atoms with Gasteiger partial charge in [0.2, 0.25) is 5.91 Å². The summed E-state index contributed by atoms with van der Waals surface area (Å²) in [5.41, 5.74) is 7.57. The topological polar surface area (TPSA) is 135 Å². The number of hydrogen-bond acceptors (Lipinski definition) is 10. The molecule has 0 bridgehead atoms. The number of nitriles is 2. The second-order valence-electron chi connectivity index (χ2n) is 13.1. The molecule has 7 rings (SSSR count). The third kappa shape index (κ3) is 5.32. The van der Waals surface area contributed by atoms with Crippen molar-refractivity contribution in [2.75, 3.05) is 43.4 Å². The van der Waals surface area contributed by atoms with Crippen LogP contribution in [0.2, 0.25) is 0 Å². The zero-order chi connectivity index (χ0) is 34.6. The van der Waals surface area contributed by atoms with Crippen LogP contribution in [0.15, 0.2) is 36.9 Å². The van der Waals surface area contributed by atoms with E-state index in [1.54, 1.807) is 23.1 Å². The summed E-state index contributed by atoms with van der Waals surface area (Å²) >= 11 is 0.992. The molecule has 3 saturated heterocycles. The molecule has 1 amide bonds. The van der Waals surface area contributed by atoms with Gasteiger partial charge in [0.25, 0.3) is 0 Å². The van der Waals surface area contributed by atoms with Gasteiger partial charge in [0.15, 0.2) is 0 Å². The molecule has 5 heterocycles. The molecule has 0 aliphatic carbocycles. The number of hydrogen-bond donors (Lipinski definition) is 1. The molecule has 49 heavy (non-hydrogen) atoms. The van der Waals surface area contributed by atoms with E-state index in [9.17, 15) is 24.1 Å². The molecule has 10 nitrogen and oxygen atoms in total. The summed E-state index contributed by atoms with van der Waals surface area (Å²) in [4.78, 5) is 28.5. The van der Waals surface area contributed by atoms with E-state index in [-0.39, 0.29) is 51.4 Å². The lowest BCUT2D eigenvalue weighted by atomic mass is 9.94. The Hall–Kier alpha value is -4.85. The van der Waals surface area contributed by atoms with Crippen LogP contribution in [0.1, 0.15) is 50.7 Å². The molecule has 3 fully saturated rings. The number of likely N-dealkylation sites (N-methyl/N-ethyl adjacent to an activating group) is 1. The number of nitrogens with two attached hydrogens (primary N) is 1. The van der Waals surface area contributed by atoms with Crippen LogP contribution < -0.4 is 15.4 Å². The Morgan fingerprint density at radius 2 is 2.08 bits per heavy atom. The van der Waals surface area contributed by atoms with E-state index in [1.165, 1.54) is 12.1 Å². The van der Waals surface area contributed by atoms with Gasteiger partial charge in [0, 0.05) is 48.4 Å². The number of rotatable bonds is 8. The van der Waals surface area contributed by atoms with Crippen molar-refractivity contribution in [1.29, 1.82) is 10.5 Å². The highest BCUT2D eigenvalue weighted by molar-refractivity contribution is 7.23. The number of fused-ring (bicyclic) bond motifs is 3. The van der Waals surface area contributed by atoms with Gasteiger partial charge in [-0.25, -0.2) is 8.78 Å². The Morgan fingerprint density at radius 3 is 2.82 bits per heavy atom. The van der Waals surface area contributed by atoms with Gasteiger partial charge >= 0.3 is 6.01 Å². The van der Waals surface area contributed by atoms with E-state index in [0.29, 0.717) is 65.7 Å². The van der Waals surface area contributed by atoms with Crippen LogP contribution in [0.25, 0.3) is 32.1 Å². The van der Waals surface area contributed by atoms with Crippen molar-refractivity contribution in [3.8, 4) is 29.3 Å². The number of carbonyl (C=O) groups is 1. The quantitative estimate of drug-likeness (QED) is 0.224. The molecule has 0 radical (unpaired) electrons. The molecule has 252 valence electrons.